The molecule has 1 N–H and O–H groups in total. The van der Waals surface area contributed by atoms with Crippen LogP contribution in [0.25, 0.3) is 0 Å². The summed E-state index contributed by atoms with van der Waals surface area (Å²) in [6.07, 6.45) is 2.64. The molecule has 1 heterocycles. The number of aryl methyl sites for hydroxylation is 1. The van der Waals surface area contributed by atoms with Gasteiger partial charge in [-0.3, -0.25) is 4.79 Å². The van der Waals surface area contributed by atoms with Crippen molar-refractivity contribution < 1.29 is 0 Å². The number of halogens is 1. The molecule has 0 saturated heterocycles. The Morgan fingerprint density at radius 1 is 1.35 bits per heavy atom. The van der Waals surface area contributed by atoms with Crippen molar-refractivity contribution >= 4 is 21.6 Å². The SMILES string of the molecule is CCCn1ncc(NCC2C(C)(C)C2(C)C)c(Br)c1=O. The predicted molar refractivity (Wildman–Crippen MR) is 86.0 cm³/mol. The minimum absolute atomic E-state index is 0.0637. The van der Waals surface area contributed by atoms with Crippen LogP contribution in [0.15, 0.2) is 15.5 Å². The summed E-state index contributed by atoms with van der Waals surface area (Å²) in [4.78, 5) is 12.1. The van der Waals surface area contributed by atoms with Crippen molar-refractivity contribution in [2.24, 2.45) is 16.7 Å². The van der Waals surface area contributed by atoms with Gasteiger partial charge >= 0.3 is 0 Å². The molecule has 2 rings (SSSR count). The average Bonchev–Trinajstić information content (AvgIpc) is 2.76. The Hall–Kier alpha value is -0.840. The van der Waals surface area contributed by atoms with Crippen LogP contribution in [-0.2, 0) is 6.54 Å². The summed E-state index contributed by atoms with van der Waals surface area (Å²) < 4.78 is 2.08. The van der Waals surface area contributed by atoms with E-state index in [1.807, 2.05) is 6.92 Å². The molecular weight excluding hydrogens is 318 g/mol. The van der Waals surface area contributed by atoms with Gasteiger partial charge in [-0.1, -0.05) is 34.6 Å². The van der Waals surface area contributed by atoms with Crippen molar-refractivity contribution in [3.8, 4) is 0 Å². The number of hydrogen-bond donors (Lipinski definition) is 1. The van der Waals surface area contributed by atoms with Gasteiger partial charge in [0.05, 0.1) is 11.9 Å². The van der Waals surface area contributed by atoms with Gasteiger partial charge in [-0.05, 0) is 39.1 Å². The van der Waals surface area contributed by atoms with E-state index in [2.05, 4.69) is 54.0 Å². The van der Waals surface area contributed by atoms with E-state index in [9.17, 15) is 4.79 Å². The van der Waals surface area contributed by atoms with Crippen LogP contribution in [0, 0.1) is 16.7 Å². The van der Waals surface area contributed by atoms with Gasteiger partial charge in [0.25, 0.3) is 5.56 Å². The summed E-state index contributed by atoms with van der Waals surface area (Å²) in [6, 6.07) is 0. The van der Waals surface area contributed by atoms with E-state index in [0.717, 1.165) is 18.7 Å². The van der Waals surface area contributed by atoms with Crippen molar-refractivity contribution in [2.75, 3.05) is 11.9 Å². The summed E-state index contributed by atoms with van der Waals surface area (Å²) in [6.45, 7) is 12.7. The van der Waals surface area contributed by atoms with Gasteiger partial charge in [-0.2, -0.15) is 5.10 Å². The molecule has 1 aromatic heterocycles. The Morgan fingerprint density at radius 3 is 2.45 bits per heavy atom. The van der Waals surface area contributed by atoms with E-state index in [1.54, 1.807) is 6.20 Å². The fourth-order valence-corrected chi connectivity index (χ4v) is 3.46. The van der Waals surface area contributed by atoms with E-state index >= 15 is 0 Å². The van der Waals surface area contributed by atoms with Gasteiger partial charge in [0, 0.05) is 13.1 Å². The van der Waals surface area contributed by atoms with Gasteiger partial charge in [-0.15, -0.1) is 0 Å². The van der Waals surface area contributed by atoms with Crippen LogP contribution in [0.2, 0.25) is 0 Å². The maximum absolute atomic E-state index is 12.1. The number of nitrogens with zero attached hydrogens (tertiary/aromatic N) is 2. The Labute approximate surface area is 129 Å². The highest BCUT2D eigenvalue weighted by atomic mass is 79.9. The van der Waals surface area contributed by atoms with Crippen LogP contribution in [-0.4, -0.2) is 16.3 Å². The summed E-state index contributed by atoms with van der Waals surface area (Å²) in [7, 11) is 0. The van der Waals surface area contributed by atoms with Crippen molar-refractivity contribution in [3.63, 3.8) is 0 Å². The van der Waals surface area contributed by atoms with E-state index in [1.165, 1.54) is 4.68 Å². The molecule has 0 unspecified atom stereocenters. The molecule has 1 aromatic rings. The van der Waals surface area contributed by atoms with E-state index in [-0.39, 0.29) is 5.56 Å². The first kappa shape index (κ1) is 15.5. The first-order chi connectivity index (χ1) is 9.23. The molecule has 0 aromatic carbocycles. The minimum Gasteiger partial charge on any atom is -0.382 e. The second-order valence-corrected chi connectivity index (χ2v) is 7.57. The maximum Gasteiger partial charge on any atom is 0.283 e. The summed E-state index contributed by atoms with van der Waals surface area (Å²) in [5.41, 5.74) is 1.42. The average molecular weight is 342 g/mol. The second-order valence-electron chi connectivity index (χ2n) is 6.78. The number of nitrogens with one attached hydrogen (secondary N) is 1. The Morgan fingerprint density at radius 2 is 1.95 bits per heavy atom. The largest absolute Gasteiger partial charge is 0.382 e. The van der Waals surface area contributed by atoms with Crippen molar-refractivity contribution in [1.29, 1.82) is 0 Å². The molecular formula is C15H24BrN3O. The number of aromatic nitrogens is 2. The molecule has 20 heavy (non-hydrogen) atoms. The number of rotatable bonds is 5. The zero-order chi connectivity index (χ0) is 15.1. The van der Waals surface area contributed by atoms with Gasteiger partial charge < -0.3 is 5.32 Å². The lowest BCUT2D eigenvalue weighted by atomic mass is 10.0. The fourth-order valence-electron chi connectivity index (χ4n) is 3.01. The second kappa shape index (κ2) is 5.17. The third-order valence-corrected chi connectivity index (χ3v) is 6.00. The summed E-state index contributed by atoms with van der Waals surface area (Å²) >= 11 is 3.39. The van der Waals surface area contributed by atoms with E-state index in [0.29, 0.717) is 27.8 Å². The Balaban J connectivity index is 2.09. The standard InChI is InChI=1S/C15H24BrN3O/c1-6-7-19-13(20)12(16)10(8-18-19)17-9-11-14(2,3)15(11,4)5/h8,11,17H,6-7,9H2,1-5H3. The molecule has 0 aliphatic heterocycles. The Bertz CT molecular complexity index is 549. The van der Waals surface area contributed by atoms with Gasteiger partial charge in [0.2, 0.25) is 0 Å². The van der Waals surface area contributed by atoms with Gasteiger partial charge in [0.1, 0.15) is 4.47 Å². The lowest BCUT2D eigenvalue weighted by Crippen LogP contribution is -2.24. The predicted octanol–water partition coefficient (Wildman–Crippen LogP) is 3.51. The van der Waals surface area contributed by atoms with Crippen LogP contribution in [0.1, 0.15) is 41.0 Å². The number of hydrogen-bond acceptors (Lipinski definition) is 3. The molecule has 4 nitrogen and oxygen atoms in total. The van der Waals surface area contributed by atoms with E-state index in [4.69, 9.17) is 0 Å². The summed E-state index contributed by atoms with van der Waals surface area (Å²) in [5.74, 6) is 0.611. The van der Waals surface area contributed by atoms with Crippen LogP contribution in [0.4, 0.5) is 5.69 Å². The van der Waals surface area contributed by atoms with Crippen LogP contribution in [0.3, 0.4) is 0 Å². The first-order valence-corrected chi connectivity index (χ1v) is 8.02. The van der Waals surface area contributed by atoms with Crippen LogP contribution >= 0.6 is 15.9 Å². The first-order valence-electron chi connectivity index (χ1n) is 7.23. The molecule has 1 fully saturated rings. The molecule has 112 valence electrons. The monoisotopic (exact) mass is 341 g/mol. The quantitative estimate of drug-likeness (QED) is 0.891. The normalized spacial score (nSPS) is 19.9. The zero-order valence-corrected chi connectivity index (χ0v) is 14.5. The molecule has 0 atom stereocenters. The topological polar surface area (TPSA) is 46.9 Å². The molecule has 5 heteroatoms. The highest BCUT2D eigenvalue weighted by molar-refractivity contribution is 9.10. The lowest BCUT2D eigenvalue weighted by molar-refractivity contribution is 0.457. The zero-order valence-electron chi connectivity index (χ0n) is 13.0. The van der Waals surface area contributed by atoms with Crippen LogP contribution in [0.5, 0.6) is 0 Å². The van der Waals surface area contributed by atoms with E-state index < -0.39 is 0 Å². The smallest absolute Gasteiger partial charge is 0.283 e. The van der Waals surface area contributed by atoms with Crippen LogP contribution < -0.4 is 10.9 Å². The molecule has 1 aliphatic rings. The highest BCUT2D eigenvalue weighted by Crippen LogP contribution is 2.68. The Kier molecular flexibility index (Phi) is 4.02. The van der Waals surface area contributed by atoms with Gasteiger partial charge in [-0.25, -0.2) is 4.68 Å². The van der Waals surface area contributed by atoms with Crippen molar-refractivity contribution in [2.45, 2.75) is 47.6 Å². The number of anilines is 1. The van der Waals surface area contributed by atoms with Crippen molar-refractivity contribution in [3.05, 3.63) is 21.0 Å². The maximum atomic E-state index is 12.1. The molecule has 0 bridgehead atoms. The third-order valence-electron chi connectivity index (χ3n) is 5.24. The molecule has 1 aliphatic carbocycles. The fraction of sp³-hybridized carbons (Fsp3) is 0.733. The minimum atomic E-state index is -0.0637. The third kappa shape index (κ3) is 2.41. The van der Waals surface area contributed by atoms with Gasteiger partial charge in [0.15, 0.2) is 0 Å². The molecule has 1 saturated carbocycles. The summed E-state index contributed by atoms with van der Waals surface area (Å²) in [5, 5.41) is 7.59. The molecule has 0 radical (unpaired) electrons. The molecule has 0 amide bonds. The molecule has 0 spiro atoms. The lowest BCUT2D eigenvalue weighted by Gasteiger charge is -2.11. The van der Waals surface area contributed by atoms with Crippen molar-refractivity contribution in [1.82, 2.24) is 9.78 Å². The highest BCUT2D eigenvalue weighted by Gasteiger charge is 2.64.